The molecule has 0 aromatic rings. The SMILES string of the molecule is C#CCCCCC(=O)N(CCC)CC1CCCCN1. The molecule has 19 heavy (non-hydrogen) atoms. The quantitative estimate of drug-likeness (QED) is 0.540. The third-order valence-electron chi connectivity index (χ3n) is 3.66. The maximum Gasteiger partial charge on any atom is 0.222 e. The third kappa shape index (κ3) is 6.63. The Hall–Kier alpha value is -1.01. The monoisotopic (exact) mass is 264 g/mol. The van der Waals surface area contributed by atoms with E-state index in [4.69, 9.17) is 6.42 Å². The molecule has 1 saturated heterocycles. The van der Waals surface area contributed by atoms with E-state index in [0.717, 1.165) is 45.3 Å². The fraction of sp³-hybridized carbons (Fsp3) is 0.812. The van der Waals surface area contributed by atoms with E-state index in [1.165, 1.54) is 19.3 Å². The number of piperidine rings is 1. The molecule has 108 valence electrons. The summed E-state index contributed by atoms with van der Waals surface area (Å²) in [6.45, 7) is 4.99. The van der Waals surface area contributed by atoms with E-state index in [0.29, 0.717) is 18.4 Å². The van der Waals surface area contributed by atoms with Crippen molar-refractivity contribution >= 4 is 5.91 Å². The van der Waals surface area contributed by atoms with E-state index in [2.05, 4.69) is 18.2 Å². The molecule has 0 radical (unpaired) electrons. The predicted molar refractivity (Wildman–Crippen MR) is 79.8 cm³/mol. The number of hydrogen-bond donors (Lipinski definition) is 1. The van der Waals surface area contributed by atoms with Crippen LogP contribution in [0, 0.1) is 12.3 Å². The molecule has 3 nitrogen and oxygen atoms in total. The number of unbranched alkanes of at least 4 members (excludes halogenated alkanes) is 2. The topological polar surface area (TPSA) is 32.3 Å². The Morgan fingerprint density at radius 3 is 2.89 bits per heavy atom. The van der Waals surface area contributed by atoms with Crippen molar-refractivity contribution in [3.8, 4) is 12.3 Å². The maximum absolute atomic E-state index is 12.2. The smallest absolute Gasteiger partial charge is 0.222 e. The molecule has 1 rings (SSSR count). The Morgan fingerprint density at radius 2 is 2.26 bits per heavy atom. The molecule has 0 saturated carbocycles. The molecule has 0 aliphatic carbocycles. The molecule has 1 aliphatic heterocycles. The molecule has 1 fully saturated rings. The van der Waals surface area contributed by atoms with Gasteiger partial charge in [0, 0.05) is 32.0 Å². The molecule has 1 N–H and O–H groups in total. The van der Waals surface area contributed by atoms with Gasteiger partial charge in [-0.05, 0) is 38.6 Å². The number of nitrogens with one attached hydrogen (secondary N) is 1. The Kier molecular flexibility index (Phi) is 8.33. The lowest BCUT2D eigenvalue weighted by molar-refractivity contribution is -0.131. The second-order valence-electron chi connectivity index (χ2n) is 5.40. The second kappa shape index (κ2) is 9.86. The molecule has 3 heteroatoms. The van der Waals surface area contributed by atoms with Gasteiger partial charge < -0.3 is 10.2 Å². The molecule has 1 amide bonds. The molecule has 1 unspecified atom stereocenters. The highest BCUT2D eigenvalue weighted by Gasteiger charge is 2.19. The van der Waals surface area contributed by atoms with Crippen LogP contribution in [-0.4, -0.2) is 36.5 Å². The van der Waals surface area contributed by atoms with Crippen molar-refractivity contribution in [2.24, 2.45) is 0 Å². The number of hydrogen-bond acceptors (Lipinski definition) is 2. The Morgan fingerprint density at radius 1 is 1.42 bits per heavy atom. The Bertz CT molecular complexity index is 290. The van der Waals surface area contributed by atoms with Gasteiger partial charge >= 0.3 is 0 Å². The van der Waals surface area contributed by atoms with Crippen molar-refractivity contribution in [1.29, 1.82) is 0 Å². The van der Waals surface area contributed by atoms with Crippen LogP contribution < -0.4 is 5.32 Å². The summed E-state index contributed by atoms with van der Waals surface area (Å²) in [6, 6.07) is 0.495. The molecule has 1 atom stereocenters. The number of terminal acetylenes is 1. The van der Waals surface area contributed by atoms with Gasteiger partial charge in [-0.2, -0.15) is 0 Å². The van der Waals surface area contributed by atoms with Gasteiger partial charge in [-0.3, -0.25) is 4.79 Å². The summed E-state index contributed by atoms with van der Waals surface area (Å²) in [4.78, 5) is 14.3. The second-order valence-corrected chi connectivity index (χ2v) is 5.40. The minimum absolute atomic E-state index is 0.297. The molecule has 0 spiro atoms. The van der Waals surface area contributed by atoms with E-state index in [-0.39, 0.29) is 0 Å². The lowest BCUT2D eigenvalue weighted by Crippen LogP contribution is -2.46. The average molecular weight is 264 g/mol. The summed E-state index contributed by atoms with van der Waals surface area (Å²) in [5.74, 6) is 2.92. The van der Waals surface area contributed by atoms with E-state index >= 15 is 0 Å². The average Bonchev–Trinajstić information content (AvgIpc) is 2.44. The van der Waals surface area contributed by atoms with Crippen LogP contribution in [0.15, 0.2) is 0 Å². The van der Waals surface area contributed by atoms with Gasteiger partial charge in [0.1, 0.15) is 0 Å². The highest BCUT2D eigenvalue weighted by molar-refractivity contribution is 5.76. The van der Waals surface area contributed by atoms with E-state index in [9.17, 15) is 4.79 Å². The summed E-state index contributed by atoms with van der Waals surface area (Å²) in [5, 5.41) is 3.52. The first-order chi connectivity index (χ1) is 9.27. The molecular formula is C16H28N2O. The highest BCUT2D eigenvalue weighted by atomic mass is 16.2. The highest BCUT2D eigenvalue weighted by Crippen LogP contribution is 2.11. The minimum atomic E-state index is 0.297. The normalized spacial score (nSPS) is 18.8. The van der Waals surface area contributed by atoms with Crippen molar-refractivity contribution in [3.63, 3.8) is 0 Å². The minimum Gasteiger partial charge on any atom is -0.341 e. The van der Waals surface area contributed by atoms with Crippen LogP contribution in [0.1, 0.15) is 58.3 Å². The zero-order chi connectivity index (χ0) is 13.9. The summed E-state index contributed by atoms with van der Waals surface area (Å²) in [5.41, 5.74) is 0. The first-order valence-electron chi connectivity index (χ1n) is 7.72. The zero-order valence-electron chi connectivity index (χ0n) is 12.3. The molecule has 0 bridgehead atoms. The summed E-state index contributed by atoms with van der Waals surface area (Å²) < 4.78 is 0. The van der Waals surface area contributed by atoms with Gasteiger partial charge in [-0.15, -0.1) is 12.3 Å². The van der Waals surface area contributed by atoms with E-state index < -0.39 is 0 Å². The van der Waals surface area contributed by atoms with E-state index in [1.807, 2.05) is 4.90 Å². The lowest BCUT2D eigenvalue weighted by atomic mass is 10.0. The van der Waals surface area contributed by atoms with Crippen molar-refractivity contribution in [2.45, 2.75) is 64.3 Å². The van der Waals surface area contributed by atoms with Crippen LogP contribution >= 0.6 is 0 Å². The van der Waals surface area contributed by atoms with Gasteiger partial charge in [0.15, 0.2) is 0 Å². The molecule has 1 heterocycles. The standard InChI is InChI=1S/C16H28N2O/c1-3-5-6-7-11-16(19)18(13-4-2)14-15-10-8-9-12-17-15/h1,15,17H,4-14H2,2H3. The lowest BCUT2D eigenvalue weighted by Gasteiger charge is -2.30. The van der Waals surface area contributed by atoms with Crippen molar-refractivity contribution in [2.75, 3.05) is 19.6 Å². The number of rotatable bonds is 8. The summed E-state index contributed by atoms with van der Waals surface area (Å²) in [7, 11) is 0. The Labute approximate surface area is 118 Å². The number of carbonyl (C=O) groups is 1. The van der Waals surface area contributed by atoms with Crippen LogP contribution in [0.25, 0.3) is 0 Å². The fourth-order valence-corrected chi connectivity index (χ4v) is 2.59. The number of carbonyl (C=O) groups excluding carboxylic acids is 1. The number of nitrogens with zero attached hydrogens (tertiary/aromatic N) is 1. The van der Waals surface area contributed by atoms with Gasteiger partial charge in [0.25, 0.3) is 0 Å². The molecular weight excluding hydrogens is 236 g/mol. The molecule has 1 aliphatic rings. The van der Waals surface area contributed by atoms with Crippen molar-refractivity contribution in [3.05, 3.63) is 0 Å². The first kappa shape index (κ1) is 16.0. The fourth-order valence-electron chi connectivity index (χ4n) is 2.59. The van der Waals surface area contributed by atoms with Crippen molar-refractivity contribution < 1.29 is 4.79 Å². The first-order valence-corrected chi connectivity index (χ1v) is 7.72. The molecule has 0 aromatic carbocycles. The summed E-state index contributed by atoms with van der Waals surface area (Å²) in [6.07, 6.45) is 13.3. The van der Waals surface area contributed by atoms with Crippen LogP contribution in [0.3, 0.4) is 0 Å². The van der Waals surface area contributed by atoms with Gasteiger partial charge in [0.2, 0.25) is 5.91 Å². The van der Waals surface area contributed by atoms with Crippen molar-refractivity contribution in [1.82, 2.24) is 10.2 Å². The Balaban J connectivity index is 2.32. The third-order valence-corrected chi connectivity index (χ3v) is 3.66. The van der Waals surface area contributed by atoms with Gasteiger partial charge in [0.05, 0.1) is 0 Å². The molecule has 0 aromatic heterocycles. The predicted octanol–water partition coefficient (Wildman–Crippen LogP) is 2.56. The number of amides is 1. The zero-order valence-corrected chi connectivity index (χ0v) is 12.3. The maximum atomic E-state index is 12.2. The summed E-state index contributed by atoms with van der Waals surface area (Å²) >= 11 is 0. The van der Waals surface area contributed by atoms with Crippen LogP contribution in [0.4, 0.5) is 0 Å². The van der Waals surface area contributed by atoms with Crippen LogP contribution in [0.2, 0.25) is 0 Å². The van der Waals surface area contributed by atoms with Crippen LogP contribution in [-0.2, 0) is 4.79 Å². The largest absolute Gasteiger partial charge is 0.341 e. The van der Waals surface area contributed by atoms with E-state index in [1.54, 1.807) is 0 Å². The van der Waals surface area contributed by atoms with Gasteiger partial charge in [-0.1, -0.05) is 13.3 Å². The van der Waals surface area contributed by atoms with Gasteiger partial charge in [-0.25, -0.2) is 0 Å². The van der Waals surface area contributed by atoms with Crippen LogP contribution in [0.5, 0.6) is 0 Å².